The molecule has 94 valence electrons. The van der Waals surface area contributed by atoms with Gasteiger partial charge in [0.1, 0.15) is 5.82 Å². The fourth-order valence-corrected chi connectivity index (χ4v) is 2.74. The maximum atomic E-state index is 13.6. The Morgan fingerprint density at radius 3 is 3.00 bits per heavy atom. The molecule has 1 aliphatic carbocycles. The Bertz CT molecular complexity index is 566. The Balaban J connectivity index is 1.92. The zero-order valence-corrected chi connectivity index (χ0v) is 10.4. The maximum absolute atomic E-state index is 13.6. The molecular weight excluding hydrogens is 253 g/mol. The predicted octanol–water partition coefficient (Wildman–Crippen LogP) is 1.76. The lowest BCUT2D eigenvalue weighted by atomic mass is 10.2. The number of hydrogen-bond acceptors (Lipinski definition) is 5. The Morgan fingerprint density at radius 1 is 1.44 bits per heavy atom. The van der Waals surface area contributed by atoms with Crippen molar-refractivity contribution < 1.29 is 4.39 Å². The summed E-state index contributed by atoms with van der Waals surface area (Å²) in [7, 11) is 0. The van der Waals surface area contributed by atoms with E-state index >= 15 is 0 Å². The number of halogens is 1. The number of nitrogens with zero attached hydrogens (tertiary/aromatic N) is 4. The molecule has 0 amide bonds. The van der Waals surface area contributed by atoms with Crippen LogP contribution < -0.4 is 5.73 Å². The molecule has 5 nitrogen and oxygen atoms in total. The van der Waals surface area contributed by atoms with Gasteiger partial charge in [-0.05, 0) is 47.2 Å². The summed E-state index contributed by atoms with van der Waals surface area (Å²) in [4.78, 5) is 0.772. The molecule has 0 bridgehead atoms. The molecular formula is C11H12FN5S. The lowest BCUT2D eigenvalue weighted by Gasteiger charge is -2.07. The maximum Gasteiger partial charge on any atom is 0.214 e. The third-order valence-corrected chi connectivity index (χ3v) is 3.89. The monoisotopic (exact) mass is 265 g/mol. The zero-order valence-electron chi connectivity index (χ0n) is 9.58. The third-order valence-electron chi connectivity index (χ3n) is 2.84. The Hall–Kier alpha value is -1.47. The van der Waals surface area contributed by atoms with E-state index in [1.807, 2.05) is 6.07 Å². The standard InChI is InChI=1S/C11H12FN5S/c12-9-2-1-3-10(8(9)6-13)18-11-14-15-16-17(11)7-4-5-7/h1-3,7H,4-6,13H2. The first-order valence-corrected chi connectivity index (χ1v) is 6.54. The molecule has 0 saturated heterocycles. The van der Waals surface area contributed by atoms with Crippen LogP contribution in [0.25, 0.3) is 0 Å². The molecule has 2 aromatic rings. The highest BCUT2D eigenvalue weighted by Gasteiger charge is 2.28. The van der Waals surface area contributed by atoms with Crippen LogP contribution >= 0.6 is 11.8 Å². The lowest BCUT2D eigenvalue weighted by Crippen LogP contribution is -2.03. The van der Waals surface area contributed by atoms with Gasteiger partial charge in [-0.15, -0.1) is 5.10 Å². The van der Waals surface area contributed by atoms with Gasteiger partial charge >= 0.3 is 0 Å². The zero-order chi connectivity index (χ0) is 12.5. The van der Waals surface area contributed by atoms with Crippen molar-refractivity contribution >= 4 is 11.8 Å². The number of rotatable bonds is 4. The Kier molecular flexibility index (Phi) is 3.00. The van der Waals surface area contributed by atoms with Crippen molar-refractivity contribution in [1.29, 1.82) is 0 Å². The number of benzene rings is 1. The van der Waals surface area contributed by atoms with Crippen LogP contribution in [0.3, 0.4) is 0 Å². The minimum Gasteiger partial charge on any atom is -0.326 e. The van der Waals surface area contributed by atoms with Crippen LogP contribution in [0, 0.1) is 5.82 Å². The summed E-state index contributed by atoms with van der Waals surface area (Å²) in [5.41, 5.74) is 6.09. The van der Waals surface area contributed by atoms with Crippen LogP contribution in [-0.4, -0.2) is 20.2 Å². The van der Waals surface area contributed by atoms with E-state index in [0.717, 1.165) is 17.7 Å². The van der Waals surface area contributed by atoms with Gasteiger partial charge in [0.15, 0.2) is 0 Å². The molecule has 1 aromatic carbocycles. The summed E-state index contributed by atoms with van der Waals surface area (Å²) in [6, 6.07) is 5.32. The van der Waals surface area contributed by atoms with Gasteiger partial charge in [0.05, 0.1) is 6.04 Å². The third kappa shape index (κ3) is 2.11. The fourth-order valence-electron chi connectivity index (χ4n) is 1.73. The summed E-state index contributed by atoms with van der Waals surface area (Å²) in [6.07, 6.45) is 2.21. The average Bonchev–Trinajstić information content (AvgIpc) is 3.11. The first kappa shape index (κ1) is 11.6. The van der Waals surface area contributed by atoms with Gasteiger partial charge < -0.3 is 5.73 Å². The predicted molar refractivity (Wildman–Crippen MR) is 64.5 cm³/mol. The summed E-state index contributed by atoms with van der Waals surface area (Å²) in [5, 5.41) is 12.3. The van der Waals surface area contributed by atoms with E-state index in [2.05, 4.69) is 15.5 Å². The van der Waals surface area contributed by atoms with Crippen molar-refractivity contribution in [2.75, 3.05) is 0 Å². The van der Waals surface area contributed by atoms with Crippen LogP contribution in [0.5, 0.6) is 0 Å². The van der Waals surface area contributed by atoms with Crippen LogP contribution in [0.2, 0.25) is 0 Å². The van der Waals surface area contributed by atoms with Crippen molar-refractivity contribution in [3.63, 3.8) is 0 Å². The molecule has 1 fully saturated rings. The van der Waals surface area contributed by atoms with Crippen LogP contribution in [0.1, 0.15) is 24.4 Å². The highest BCUT2D eigenvalue weighted by molar-refractivity contribution is 7.99. The van der Waals surface area contributed by atoms with Crippen molar-refractivity contribution in [1.82, 2.24) is 20.2 Å². The van der Waals surface area contributed by atoms with Crippen molar-refractivity contribution in [3.05, 3.63) is 29.6 Å². The molecule has 0 spiro atoms. The van der Waals surface area contributed by atoms with Gasteiger partial charge in [-0.2, -0.15) is 0 Å². The van der Waals surface area contributed by atoms with E-state index in [-0.39, 0.29) is 12.4 Å². The molecule has 0 unspecified atom stereocenters. The highest BCUT2D eigenvalue weighted by atomic mass is 32.2. The molecule has 0 aliphatic heterocycles. The Morgan fingerprint density at radius 2 is 2.28 bits per heavy atom. The van der Waals surface area contributed by atoms with E-state index in [4.69, 9.17) is 5.73 Å². The van der Waals surface area contributed by atoms with Gasteiger partial charge in [-0.1, -0.05) is 6.07 Å². The van der Waals surface area contributed by atoms with E-state index in [1.165, 1.54) is 17.8 Å². The summed E-state index contributed by atoms with van der Waals surface area (Å²) < 4.78 is 15.4. The van der Waals surface area contributed by atoms with E-state index in [0.29, 0.717) is 16.8 Å². The fraction of sp³-hybridized carbons (Fsp3) is 0.364. The second kappa shape index (κ2) is 4.66. The molecule has 7 heteroatoms. The molecule has 1 aromatic heterocycles. The van der Waals surface area contributed by atoms with Gasteiger partial charge in [0.25, 0.3) is 0 Å². The minimum absolute atomic E-state index is 0.167. The topological polar surface area (TPSA) is 69.6 Å². The average molecular weight is 265 g/mol. The minimum atomic E-state index is -0.284. The normalized spacial score (nSPS) is 15.0. The van der Waals surface area contributed by atoms with E-state index < -0.39 is 0 Å². The highest BCUT2D eigenvalue weighted by Crippen LogP contribution is 2.38. The molecule has 3 rings (SSSR count). The summed E-state index contributed by atoms with van der Waals surface area (Å²) in [6.45, 7) is 0.167. The van der Waals surface area contributed by atoms with Gasteiger partial charge in [-0.3, -0.25) is 0 Å². The van der Waals surface area contributed by atoms with Crippen LogP contribution in [-0.2, 0) is 6.54 Å². The number of tetrazole rings is 1. The van der Waals surface area contributed by atoms with Gasteiger partial charge in [0, 0.05) is 17.0 Å². The summed E-state index contributed by atoms with van der Waals surface area (Å²) in [5.74, 6) is -0.284. The molecule has 1 aliphatic rings. The van der Waals surface area contributed by atoms with Gasteiger partial charge in [-0.25, -0.2) is 9.07 Å². The molecule has 2 N–H and O–H groups in total. The molecule has 18 heavy (non-hydrogen) atoms. The smallest absolute Gasteiger partial charge is 0.214 e. The largest absolute Gasteiger partial charge is 0.326 e. The molecule has 1 heterocycles. The van der Waals surface area contributed by atoms with Crippen molar-refractivity contribution in [2.45, 2.75) is 35.5 Å². The SMILES string of the molecule is NCc1c(F)cccc1Sc1nnnn1C1CC1. The van der Waals surface area contributed by atoms with E-state index in [1.54, 1.807) is 10.7 Å². The second-order valence-corrected chi connectivity index (χ2v) is 5.17. The second-order valence-electron chi connectivity index (χ2n) is 4.16. The quantitative estimate of drug-likeness (QED) is 0.912. The first-order chi connectivity index (χ1) is 8.79. The van der Waals surface area contributed by atoms with Crippen molar-refractivity contribution in [3.8, 4) is 0 Å². The molecule has 0 atom stereocenters. The lowest BCUT2D eigenvalue weighted by molar-refractivity contribution is 0.565. The summed E-state index contributed by atoms with van der Waals surface area (Å²) >= 11 is 1.36. The molecule has 0 radical (unpaired) electrons. The number of aromatic nitrogens is 4. The van der Waals surface area contributed by atoms with Gasteiger partial charge in [0.2, 0.25) is 5.16 Å². The number of nitrogens with two attached hydrogens (primary N) is 1. The first-order valence-electron chi connectivity index (χ1n) is 5.72. The Labute approximate surface area is 108 Å². The van der Waals surface area contributed by atoms with Crippen LogP contribution in [0.4, 0.5) is 4.39 Å². The van der Waals surface area contributed by atoms with E-state index in [9.17, 15) is 4.39 Å². The molecule has 1 saturated carbocycles. The van der Waals surface area contributed by atoms with Crippen molar-refractivity contribution in [2.24, 2.45) is 5.73 Å². The van der Waals surface area contributed by atoms with Crippen LogP contribution in [0.15, 0.2) is 28.3 Å². The number of hydrogen-bond donors (Lipinski definition) is 1.